The lowest BCUT2D eigenvalue weighted by atomic mass is 9.96. The molecular formula is C58H37NOS. The van der Waals surface area contributed by atoms with Gasteiger partial charge in [0.2, 0.25) is 0 Å². The molecule has 0 aliphatic rings. The molecule has 2 nitrogen and oxygen atoms in total. The van der Waals surface area contributed by atoms with E-state index in [1.165, 1.54) is 64.3 Å². The summed E-state index contributed by atoms with van der Waals surface area (Å²) in [5, 5.41) is 7.45. The van der Waals surface area contributed by atoms with Crippen molar-refractivity contribution in [3.8, 4) is 44.5 Å². The summed E-state index contributed by atoms with van der Waals surface area (Å²) in [5.74, 6) is 0. The number of benzene rings is 10. The first-order valence-corrected chi connectivity index (χ1v) is 21.5. The molecule has 0 unspecified atom stereocenters. The molecule has 61 heavy (non-hydrogen) atoms. The second-order valence-corrected chi connectivity index (χ2v) is 16.7. The highest BCUT2D eigenvalue weighted by Crippen LogP contribution is 2.42. The number of hydrogen-bond acceptors (Lipinski definition) is 3. The van der Waals surface area contributed by atoms with Crippen molar-refractivity contribution in [1.82, 2.24) is 0 Å². The topological polar surface area (TPSA) is 16.4 Å². The van der Waals surface area contributed by atoms with Gasteiger partial charge in [0.05, 0.1) is 0 Å². The Morgan fingerprint density at radius 2 is 0.787 bits per heavy atom. The van der Waals surface area contributed by atoms with Crippen LogP contribution >= 0.6 is 11.3 Å². The van der Waals surface area contributed by atoms with Crippen LogP contribution in [0, 0.1) is 0 Å². The van der Waals surface area contributed by atoms with E-state index in [1.54, 1.807) is 0 Å². The molecule has 12 rings (SSSR count). The lowest BCUT2D eigenvalue weighted by molar-refractivity contribution is 0.669. The zero-order chi connectivity index (χ0) is 40.3. The van der Waals surface area contributed by atoms with Crippen molar-refractivity contribution in [3.63, 3.8) is 0 Å². The first kappa shape index (κ1) is 35.2. The van der Waals surface area contributed by atoms with Crippen molar-refractivity contribution < 1.29 is 4.42 Å². The molecule has 3 heteroatoms. The molecular weight excluding hydrogens is 759 g/mol. The molecule has 0 aliphatic heterocycles. The smallest absolute Gasteiger partial charge is 0.136 e. The number of nitrogens with zero attached hydrogens (tertiary/aromatic N) is 1. The number of thiophene rings is 1. The Labute approximate surface area is 357 Å². The van der Waals surface area contributed by atoms with Crippen molar-refractivity contribution in [2.24, 2.45) is 0 Å². The van der Waals surface area contributed by atoms with Gasteiger partial charge in [-0.3, -0.25) is 0 Å². The van der Waals surface area contributed by atoms with Crippen LogP contribution in [0.5, 0.6) is 0 Å². The SMILES string of the molecule is c1ccc2c(-c3ccc(-c4ccc(N(c5ccc(-c6ccc7c(c6)sc6ccccc67)cc5)c5ccc(-c6cccc7oc8ccccc8c67)cc5)cc4)cc3)cccc2c1. The number of anilines is 3. The van der Waals surface area contributed by atoms with Crippen molar-refractivity contribution in [2.75, 3.05) is 4.90 Å². The van der Waals surface area contributed by atoms with Gasteiger partial charge in [-0.1, -0.05) is 164 Å². The summed E-state index contributed by atoms with van der Waals surface area (Å²) in [6.07, 6.45) is 0. The highest BCUT2D eigenvalue weighted by Gasteiger charge is 2.17. The number of fused-ring (bicyclic) bond motifs is 7. The maximum atomic E-state index is 6.24. The molecule has 0 radical (unpaired) electrons. The van der Waals surface area contributed by atoms with Crippen LogP contribution < -0.4 is 4.90 Å². The first-order valence-electron chi connectivity index (χ1n) is 20.7. The summed E-state index contributed by atoms with van der Waals surface area (Å²) in [6, 6.07) is 81.2. The number of hydrogen-bond donors (Lipinski definition) is 0. The largest absolute Gasteiger partial charge is 0.456 e. The fourth-order valence-corrected chi connectivity index (χ4v) is 10.2. The van der Waals surface area contributed by atoms with Gasteiger partial charge in [-0.05, 0) is 116 Å². The van der Waals surface area contributed by atoms with E-state index in [9.17, 15) is 0 Å². The van der Waals surface area contributed by atoms with E-state index in [0.29, 0.717) is 0 Å². The summed E-state index contributed by atoms with van der Waals surface area (Å²) in [7, 11) is 0. The van der Waals surface area contributed by atoms with E-state index in [4.69, 9.17) is 4.42 Å². The molecule has 0 amide bonds. The normalized spacial score (nSPS) is 11.6. The molecule has 2 heterocycles. The number of para-hydroxylation sites is 1. The van der Waals surface area contributed by atoms with Gasteiger partial charge in [-0.2, -0.15) is 0 Å². The standard InChI is InChI=1S/C58H37NOS/c1-2-11-48-41(9-1)10-7-14-49(48)42-21-19-38(20-22-42)39-23-30-45(31-24-39)59(46-32-25-40(26-33-46)44-29-36-52-51-12-4-6-18-56(51)61-57(52)37-44)47-34-27-43(28-35-47)50-15-8-17-55-58(50)53-13-3-5-16-54(53)60-55/h1-37H. The molecule has 286 valence electrons. The Hall–Kier alpha value is -7.72. The van der Waals surface area contributed by atoms with Crippen molar-refractivity contribution in [1.29, 1.82) is 0 Å². The highest BCUT2D eigenvalue weighted by atomic mass is 32.1. The molecule has 0 saturated heterocycles. The maximum Gasteiger partial charge on any atom is 0.136 e. The third kappa shape index (κ3) is 6.18. The average molecular weight is 796 g/mol. The molecule has 10 aromatic carbocycles. The minimum Gasteiger partial charge on any atom is -0.456 e. The second kappa shape index (κ2) is 14.5. The molecule has 0 fully saturated rings. The van der Waals surface area contributed by atoms with Crippen molar-refractivity contribution in [3.05, 3.63) is 224 Å². The summed E-state index contributed by atoms with van der Waals surface area (Å²) in [5.41, 5.74) is 14.6. The second-order valence-electron chi connectivity index (χ2n) is 15.7. The monoisotopic (exact) mass is 795 g/mol. The lowest BCUT2D eigenvalue weighted by Gasteiger charge is -2.26. The van der Waals surface area contributed by atoms with Crippen LogP contribution in [0.15, 0.2) is 229 Å². The minimum absolute atomic E-state index is 0.902. The molecule has 0 atom stereocenters. The summed E-state index contributed by atoms with van der Waals surface area (Å²) >= 11 is 1.86. The minimum atomic E-state index is 0.902. The quantitative estimate of drug-likeness (QED) is 0.160. The van der Waals surface area contributed by atoms with Crippen LogP contribution in [0.1, 0.15) is 0 Å². The van der Waals surface area contributed by atoms with Gasteiger partial charge in [0.15, 0.2) is 0 Å². The highest BCUT2D eigenvalue weighted by molar-refractivity contribution is 7.25. The molecule has 0 N–H and O–H groups in total. The van der Waals surface area contributed by atoms with Gasteiger partial charge in [0, 0.05) is 48.0 Å². The summed E-state index contributed by atoms with van der Waals surface area (Å²) in [6.45, 7) is 0. The predicted octanol–water partition coefficient (Wildman–Crippen LogP) is 17.2. The maximum absolute atomic E-state index is 6.24. The Morgan fingerprint density at radius 1 is 0.311 bits per heavy atom. The number of furan rings is 1. The summed E-state index contributed by atoms with van der Waals surface area (Å²) < 4.78 is 8.88. The van der Waals surface area contributed by atoms with E-state index in [1.807, 2.05) is 23.5 Å². The zero-order valence-electron chi connectivity index (χ0n) is 33.1. The van der Waals surface area contributed by atoms with Gasteiger partial charge >= 0.3 is 0 Å². The Bertz CT molecular complexity index is 3550. The molecule has 0 spiro atoms. The van der Waals surface area contributed by atoms with Gasteiger partial charge in [-0.25, -0.2) is 0 Å². The number of rotatable bonds is 7. The fraction of sp³-hybridized carbons (Fsp3) is 0. The van der Waals surface area contributed by atoms with Crippen LogP contribution in [-0.2, 0) is 0 Å². The first-order chi connectivity index (χ1) is 30.2. The fourth-order valence-electron chi connectivity index (χ4n) is 9.08. The molecule has 2 aromatic heterocycles. The van der Waals surface area contributed by atoms with E-state index in [0.717, 1.165) is 50.1 Å². The van der Waals surface area contributed by atoms with E-state index < -0.39 is 0 Å². The molecule has 12 aromatic rings. The van der Waals surface area contributed by atoms with Gasteiger partial charge in [0.1, 0.15) is 11.2 Å². The Morgan fingerprint density at radius 3 is 1.52 bits per heavy atom. The van der Waals surface area contributed by atoms with Crippen molar-refractivity contribution in [2.45, 2.75) is 0 Å². The van der Waals surface area contributed by atoms with E-state index in [2.05, 4.69) is 217 Å². The zero-order valence-corrected chi connectivity index (χ0v) is 33.9. The van der Waals surface area contributed by atoms with Crippen LogP contribution in [0.2, 0.25) is 0 Å². The lowest BCUT2D eigenvalue weighted by Crippen LogP contribution is -2.09. The van der Waals surface area contributed by atoms with E-state index >= 15 is 0 Å². The van der Waals surface area contributed by atoms with Crippen LogP contribution in [0.4, 0.5) is 17.1 Å². The summed E-state index contributed by atoms with van der Waals surface area (Å²) in [4.78, 5) is 2.35. The van der Waals surface area contributed by atoms with Crippen molar-refractivity contribution >= 4 is 81.3 Å². The van der Waals surface area contributed by atoms with Gasteiger partial charge in [-0.15, -0.1) is 11.3 Å². The van der Waals surface area contributed by atoms with E-state index in [-0.39, 0.29) is 0 Å². The molecule has 0 bridgehead atoms. The average Bonchev–Trinajstić information content (AvgIpc) is 3.91. The molecule has 0 aliphatic carbocycles. The third-order valence-corrected chi connectivity index (χ3v) is 13.3. The van der Waals surface area contributed by atoms with Crippen LogP contribution in [-0.4, -0.2) is 0 Å². The van der Waals surface area contributed by atoms with Gasteiger partial charge < -0.3 is 9.32 Å². The van der Waals surface area contributed by atoms with Crippen LogP contribution in [0.3, 0.4) is 0 Å². The van der Waals surface area contributed by atoms with Gasteiger partial charge in [0.25, 0.3) is 0 Å². The third-order valence-electron chi connectivity index (χ3n) is 12.1. The predicted molar refractivity (Wildman–Crippen MR) is 261 cm³/mol. The Balaban J connectivity index is 0.904. The van der Waals surface area contributed by atoms with Crippen LogP contribution in [0.25, 0.3) is 97.4 Å². The Kier molecular flexibility index (Phi) is 8.39. The molecule has 0 saturated carbocycles.